The summed E-state index contributed by atoms with van der Waals surface area (Å²) in [6.07, 6.45) is 13.0. The number of hydrogen-bond donors (Lipinski definition) is 0. The van der Waals surface area contributed by atoms with Crippen molar-refractivity contribution in [2.45, 2.75) is 110 Å². The average molecular weight is 486 g/mol. The van der Waals surface area contributed by atoms with Crippen LogP contribution in [0.4, 0.5) is 0 Å². The standard InChI is InChI=1S/C30H47NO4/c1-5-11-30(35-27(33)19-21(2)31-15-17-34-18-16-31)14-10-26-24-7-6-22-20-23(32)8-12-28(22,3)25(24)9-13-29(26,30)4/h20-21,24-26H,5-19H2,1-4H3/t21?,24-,25-,26+,28+,29+,30?/m1/s1. The number of nitrogens with zero attached hydrogens (tertiary/aromatic N) is 1. The lowest BCUT2D eigenvalue weighted by Gasteiger charge is -2.59. The quantitative estimate of drug-likeness (QED) is 0.451. The molecule has 0 aromatic carbocycles. The Hall–Kier alpha value is -1.20. The van der Waals surface area contributed by atoms with Gasteiger partial charge in [-0.3, -0.25) is 14.5 Å². The van der Waals surface area contributed by atoms with Gasteiger partial charge in [-0.15, -0.1) is 0 Å². The molecule has 196 valence electrons. The van der Waals surface area contributed by atoms with Crippen molar-refractivity contribution in [1.29, 1.82) is 0 Å². The van der Waals surface area contributed by atoms with E-state index in [4.69, 9.17) is 9.47 Å². The molecule has 0 aromatic rings. The topological polar surface area (TPSA) is 55.8 Å². The number of carbonyl (C=O) groups is 2. The SMILES string of the molecule is CCCC1(OC(=O)CC(C)N2CCOCC2)CC[C@H]2[C@@H]3CCC4=CC(=O)CC[C@]4(C)[C@@H]3CC[C@@]21C. The van der Waals surface area contributed by atoms with E-state index >= 15 is 0 Å². The van der Waals surface area contributed by atoms with E-state index in [-0.39, 0.29) is 28.4 Å². The highest BCUT2D eigenvalue weighted by atomic mass is 16.6. The molecule has 0 radical (unpaired) electrons. The Morgan fingerprint density at radius 1 is 1.11 bits per heavy atom. The third kappa shape index (κ3) is 4.23. The molecule has 5 nitrogen and oxygen atoms in total. The molecule has 4 fully saturated rings. The van der Waals surface area contributed by atoms with Crippen molar-refractivity contribution in [3.63, 3.8) is 0 Å². The zero-order chi connectivity index (χ0) is 24.8. The maximum Gasteiger partial charge on any atom is 0.307 e. The molecule has 0 N–H and O–H groups in total. The molecule has 0 aromatic heterocycles. The van der Waals surface area contributed by atoms with Crippen molar-refractivity contribution < 1.29 is 19.1 Å². The molecule has 2 unspecified atom stereocenters. The van der Waals surface area contributed by atoms with E-state index in [0.29, 0.717) is 36.4 Å². The minimum Gasteiger partial charge on any atom is -0.458 e. The van der Waals surface area contributed by atoms with Crippen LogP contribution in [0.15, 0.2) is 11.6 Å². The maximum atomic E-state index is 13.4. The maximum absolute atomic E-state index is 13.4. The van der Waals surface area contributed by atoms with Crippen LogP contribution in [0.2, 0.25) is 0 Å². The second kappa shape index (κ2) is 9.59. The second-order valence-electron chi connectivity index (χ2n) is 12.9. The first-order chi connectivity index (χ1) is 16.7. The van der Waals surface area contributed by atoms with Gasteiger partial charge < -0.3 is 9.47 Å². The summed E-state index contributed by atoms with van der Waals surface area (Å²) in [5.74, 6) is 2.30. The van der Waals surface area contributed by atoms with Crippen molar-refractivity contribution in [3.8, 4) is 0 Å². The zero-order valence-corrected chi connectivity index (χ0v) is 22.6. The van der Waals surface area contributed by atoms with Gasteiger partial charge in [-0.1, -0.05) is 32.8 Å². The Kier molecular flexibility index (Phi) is 6.98. The molecule has 5 rings (SSSR count). The first-order valence-corrected chi connectivity index (χ1v) is 14.5. The number of allylic oxidation sites excluding steroid dienone is 1. The third-order valence-electron chi connectivity index (χ3n) is 11.3. The predicted octanol–water partition coefficient (Wildman–Crippen LogP) is 5.71. The Bertz CT molecular complexity index is 862. The first kappa shape index (κ1) is 25.4. The number of morpholine rings is 1. The van der Waals surface area contributed by atoms with Gasteiger partial charge in [0.25, 0.3) is 0 Å². The highest BCUT2D eigenvalue weighted by molar-refractivity contribution is 5.91. The molecule has 7 atom stereocenters. The van der Waals surface area contributed by atoms with Gasteiger partial charge in [0.2, 0.25) is 0 Å². The fourth-order valence-electron chi connectivity index (χ4n) is 9.33. The second-order valence-corrected chi connectivity index (χ2v) is 12.9. The summed E-state index contributed by atoms with van der Waals surface area (Å²) in [5, 5.41) is 0. The van der Waals surface area contributed by atoms with Gasteiger partial charge in [-0.25, -0.2) is 0 Å². The van der Waals surface area contributed by atoms with Gasteiger partial charge in [0, 0.05) is 31.0 Å². The van der Waals surface area contributed by atoms with Crippen LogP contribution in [0.25, 0.3) is 0 Å². The predicted molar refractivity (Wildman–Crippen MR) is 137 cm³/mol. The third-order valence-corrected chi connectivity index (χ3v) is 11.3. The van der Waals surface area contributed by atoms with Gasteiger partial charge in [-0.05, 0) is 87.5 Å². The van der Waals surface area contributed by atoms with E-state index in [1.54, 1.807) is 0 Å². The first-order valence-electron chi connectivity index (χ1n) is 14.5. The molecule has 3 saturated carbocycles. The van der Waals surface area contributed by atoms with Crippen molar-refractivity contribution in [1.82, 2.24) is 4.90 Å². The summed E-state index contributed by atoms with van der Waals surface area (Å²) in [6, 6.07) is 0.198. The summed E-state index contributed by atoms with van der Waals surface area (Å²) < 4.78 is 12.1. The summed E-state index contributed by atoms with van der Waals surface area (Å²) >= 11 is 0. The number of carbonyl (C=O) groups excluding carboxylic acids is 2. The number of fused-ring (bicyclic) bond motifs is 5. The van der Waals surface area contributed by atoms with Crippen molar-refractivity contribution in [2.75, 3.05) is 26.3 Å². The van der Waals surface area contributed by atoms with Crippen LogP contribution in [0.1, 0.15) is 98.3 Å². The fraction of sp³-hybridized carbons (Fsp3) is 0.867. The highest BCUT2D eigenvalue weighted by Gasteiger charge is 2.65. The smallest absolute Gasteiger partial charge is 0.307 e. The molecule has 0 bridgehead atoms. The van der Waals surface area contributed by atoms with Gasteiger partial charge in [0.15, 0.2) is 5.78 Å². The molecule has 35 heavy (non-hydrogen) atoms. The molecule has 1 aliphatic heterocycles. The lowest BCUT2D eigenvalue weighted by molar-refractivity contribution is -0.187. The van der Waals surface area contributed by atoms with Crippen LogP contribution in [-0.2, 0) is 19.1 Å². The van der Waals surface area contributed by atoms with Crippen LogP contribution in [0, 0.1) is 28.6 Å². The molecule has 1 heterocycles. The van der Waals surface area contributed by atoms with Crippen LogP contribution in [0.5, 0.6) is 0 Å². The van der Waals surface area contributed by atoms with E-state index in [1.807, 2.05) is 6.08 Å². The molecule has 0 spiro atoms. The Morgan fingerprint density at radius 3 is 2.60 bits per heavy atom. The summed E-state index contributed by atoms with van der Waals surface area (Å²) in [7, 11) is 0. The van der Waals surface area contributed by atoms with E-state index in [9.17, 15) is 9.59 Å². The Morgan fingerprint density at radius 2 is 1.86 bits per heavy atom. The normalized spacial score (nSPS) is 42.5. The summed E-state index contributed by atoms with van der Waals surface area (Å²) in [4.78, 5) is 27.9. The molecule has 1 saturated heterocycles. The lowest BCUT2D eigenvalue weighted by Crippen LogP contribution is -2.56. The number of ether oxygens (including phenoxy) is 2. The monoisotopic (exact) mass is 485 g/mol. The lowest BCUT2D eigenvalue weighted by atomic mass is 9.46. The largest absolute Gasteiger partial charge is 0.458 e. The molecule has 5 aliphatic rings. The zero-order valence-electron chi connectivity index (χ0n) is 22.6. The van der Waals surface area contributed by atoms with Gasteiger partial charge in [0.05, 0.1) is 19.6 Å². The average Bonchev–Trinajstić information content (AvgIpc) is 3.12. The summed E-state index contributed by atoms with van der Waals surface area (Å²) in [6.45, 7) is 12.6. The molecule has 4 aliphatic carbocycles. The molecular weight excluding hydrogens is 438 g/mol. The number of esters is 1. The van der Waals surface area contributed by atoms with E-state index in [1.165, 1.54) is 24.8 Å². The Labute approximate surface area is 212 Å². The number of rotatable bonds is 6. The van der Waals surface area contributed by atoms with Crippen LogP contribution in [-0.4, -0.2) is 54.6 Å². The van der Waals surface area contributed by atoms with Gasteiger partial charge >= 0.3 is 5.97 Å². The Balaban J connectivity index is 1.34. The minimum absolute atomic E-state index is 0.00643. The molecule has 5 heteroatoms. The molecule has 0 amide bonds. The van der Waals surface area contributed by atoms with E-state index in [2.05, 4.69) is 32.6 Å². The van der Waals surface area contributed by atoms with Gasteiger partial charge in [-0.2, -0.15) is 0 Å². The van der Waals surface area contributed by atoms with Crippen LogP contribution >= 0.6 is 0 Å². The van der Waals surface area contributed by atoms with E-state index in [0.717, 1.165) is 64.8 Å². The van der Waals surface area contributed by atoms with Crippen LogP contribution in [0.3, 0.4) is 0 Å². The summed E-state index contributed by atoms with van der Waals surface area (Å²) in [5.41, 5.74) is 1.36. The fourth-order valence-corrected chi connectivity index (χ4v) is 9.33. The van der Waals surface area contributed by atoms with Crippen molar-refractivity contribution >= 4 is 11.8 Å². The van der Waals surface area contributed by atoms with Crippen molar-refractivity contribution in [3.05, 3.63) is 11.6 Å². The van der Waals surface area contributed by atoms with Crippen molar-refractivity contribution in [2.24, 2.45) is 28.6 Å². The minimum atomic E-state index is -0.321. The molecular formula is C30H47NO4. The van der Waals surface area contributed by atoms with Gasteiger partial charge in [0.1, 0.15) is 5.60 Å². The van der Waals surface area contributed by atoms with Crippen LogP contribution < -0.4 is 0 Å². The van der Waals surface area contributed by atoms with E-state index < -0.39 is 0 Å². The highest BCUT2D eigenvalue weighted by Crippen LogP contribution is 2.69. The number of ketones is 1. The number of hydrogen-bond acceptors (Lipinski definition) is 5.